The molecule has 21 heteroatoms. The highest BCUT2D eigenvalue weighted by Crippen LogP contribution is 2.56. The van der Waals surface area contributed by atoms with Crippen LogP contribution >= 0.6 is 0 Å². The molecule has 4 aliphatic heterocycles. The normalized spacial score (nSPS) is 16.0. The van der Waals surface area contributed by atoms with Gasteiger partial charge in [0.1, 0.15) is 35.5 Å². The highest BCUT2D eigenvalue weighted by molar-refractivity contribution is 7.84. The Morgan fingerprint density at radius 3 is 1.39 bits per heavy atom. The fourth-order valence-electron chi connectivity index (χ4n) is 17.0. The van der Waals surface area contributed by atoms with Crippen LogP contribution in [-0.2, 0) is 54.4 Å². The van der Waals surface area contributed by atoms with E-state index in [1.54, 1.807) is 57.5 Å². The van der Waals surface area contributed by atoms with Crippen molar-refractivity contribution >= 4 is 28.1 Å². The van der Waals surface area contributed by atoms with Crippen LogP contribution in [0, 0.1) is 46.7 Å². The summed E-state index contributed by atoms with van der Waals surface area (Å²) in [6, 6.07) is 37.4. The van der Waals surface area contributed by atoms with E-state index in [4.69, 9.17) is 24.2 Å². The van der Waals surface area contributed by atoms with Crippen molar-refractivity contribution in [2.75, 3.05) is 94.8 Å². The number of aryl methyl sites for hydroxylation is 2. The lowest BCUT2D eigenvalue weighted by Gasteiger charge is -2.31. The topological polar surface area (TPSA) is 219 Å². The summed E-state index contributed by atoms with van der Waals surface area (Å²) in [5.74, 6) is 8.85. The smallest absolute Gasteiger partial charge is 0.253 e. The van der Waals surface area contributed by atoms with Crippen LogP contribution in [0.1, 0.15) is 420 Å². The molecule has 1 saturated carbocycles. The number of hydrogen-bond acceptors (Lipinski definition) is 17. The Kier molecular flexibility index (Phi) is 49.5. The zero-order chi connectivity index (χ0) is 111. The second kappa shape index (κ2) is 57.2. The lowest BCUT2D eigenvalue weighted by Crippen LogP contribution is -2.36. The van der Waals surface area contributed by atoms with Crippen LogP contribution in [-0.4, -0.2) is 125 Å². The van der Waals surface area contributed by atoms with Gasteiger partial charge in [0.25, 0.3) is 11.1 Å². The minimum Gasteiger partial charge on any atom is -0.495 e. The Morgan fingerprint density at radius 2 is 0.980 bits per heavy atom. The highest BCUT2D eigenvalue weighted by atomic mass is 32.2. The average molecular weight is 2040 g/mol. The van der Waals surface area contributed by atoms with Gasteiger partial charge in [-0.1, -0.05) is 293 Å². The molecule has 4 unspecified atom stereocenters. The number of pyridine rings is 7. The second-order valence-electron chi connectivity index (χ2n) is 49.6. The van der Waals surface area contributed by atoms with Gasteiger partial charge in [0, 0.05) is 158 Å². The quantitative estimate of drug-likeness (QED) is 0.0919. The molecule has 147 heavy (non-hydrogen) atoms. The van der Waals surface area contributed by atoms with E-state index in [-0.39, 0.29) is 61.6 Å². The van der Waals surface area contributed by atoms with Crippen LogP contribution in [0.25, 0.3) is 0 Å². The third kappa shape index (κ3) is 40.9. The number of aromatic nitrogens is 7. The molecule has 1 aliphatic carbocycles. The number of rotatable bonds is 16. The molecule has 2 aromatic carbocycles. The first kappa shape index (κ1) is 127. The fraction of sp³-hybridized carbons (Fsp3) is 0.587. The summed E-state index contributed by atoms with van der Waals surface area (Å²) in [6.45, 7) is 90.0. The first-order valence-corrected chi connectivity index (χ1v) is 55.4. The molecule has 7 aromatic heterocycles. The Bertz CT molecular complexity index is 5790. The molecule has 2 N–H and O–H groups in total. The number of dihydropyridines is 1. The molecule has 11 heterocycles. The van der Waals surface area contributed by atoms with Crippen molar-refractivity contribution in [3.8, 4) is 17.6 Å². The van der Waals surface area contributed by atoms with Crippen LogP contribution in [0.2, 0.25) is 0 Å². The molecule has 4 atom stereocenters. The van der Waals surface area contributed by atoms with Gasteiger partial charge >= 0.3 is 0 Å². The minimum absolute atomic E-state index is 0.0352. The van der Waals surface area contributed by atoms with E-state index in [0.29, 0.717) is 58.3 Å². The van der Waals surface area contributed by atoms with Gasteiger partial charge in [0.15, 0.2) is 11.4 Å². The van der Waals surface area contributed by atoms with Gasteiger partial charge in [-0.05, 0) is 243 Å². The Labute approximate surface area is 892 Å². The maximum absolute atomic E-state index is 13.4. The molecule has 0 bridgehead atoms. The largest absolute Gasteiger partial charge is 0.495 e. The minimum atomic E-state index is -0.959. The molecule has 3 saturated heterocycles. The van der Waals surface area contributed by atoms with E-state index in [1.165, 1.54) is 89.7 Å². The first-order valence-electron chi connectivity index (χ1n) is 53.8. The molecule has 0 amide bonds. The van der Waals surface area contributed by atoms with Crippen LogP contribution < -0.4 is 40.6 Å². The number of H-pyrrole nitrogens is 1. The summed E-state index contributed by atoms with van der Waals surface area (Å²) < 4.78 is 48.0. The van der Waals surface area contributed by atoms with Gasteiger partial charge in [0.05, 0.1) is 49.3 Å². The van der Waals surface area contributed by atoms with E-state index in [1.807, 2.05) is 70.0 Å². The van der Waals surface area contributed by atoms with Crippen LogP contribution in [0.5, 0.6) is 11.5 Å². The van der Waals surface area contributed by atoms with E-state index in [2.05, 4.69) is 383 Å². The fourth-order valence-corrected chi connectivity index (χ4v) is 17.8. The SMILES string of the molecule is CC(C)(C)C1CC1c1ccccc1.CC(C)c1cc(C(C)(C)C)c[nH]c1=O.CC(C)c1cc(C(C)(C)C)ncc1S(C)=O.CC(C)c1cc(F)cc(N2CCCC2)c1.CC(C)c1ccnc(N2CCCC2)c1.CC(C)c1ccnc(N2CCOCC2)c1.COC1NC=C(C(C)(C)C)C=C1C(C)C.COc1c(C(C)C)cc(C(C)(C)C)nc1C#N.COc1cnc(C(C)(C)C)cc1C(C)C.Cc1cc(C(C)(C)C)cn(C)c1=O. The van der Waals surface area contributed by atoms with Crippen molar-refractivity contribution in [2.24, 2.45) is 29.7 Å². The molecule has 19 nitrogen and oxygen atoms in total. The molecule has 0 spiro atoms. The zero-order valence-electron chi connectivity index (χ0n) is 99.1. The summed E-state index contributed by atoms with van der Waals surface area (Å²) in [6.07, 6.45) is 23.7. The van der Waals surface area contributed by atoms with Gasteiger partial charge in [-0.25, -0.2) is 19.3 Å². The molecular weight excluding hydrogens is 1840 g/mol. The van der Waals surface area contributed by atoms with E-state index < -0.39 is 10.8 Å². The highest BCUT2D eigenvalue weighted by Gasteiger charge is 2.45. The summed E-state index contributed by atoms with van der Waals surface area (Å²) in [4.78, 5) is 55.6. The molecule has 14 rings (SSSR count). The maximum Gasteiger partial charge on any atom is 0.253 e. The molecule has 812 valence electrons. The third-order valence-corrected chi connectivity index (χ3v) is 28.0. The van der Waals surface area contributed by atoms with Gasteiger partial charge in [0.2, 0.25) is 0 Å². The summed E-state index contributed by atoms with van der Waals surface area (Å²) in [7, 11) is 5.86. The van der Waals surface area contributed by atoms with Gasteiger partial charge in [-0.15, -0.1) is 0 Å². The van der Waals surface area contributed by atoms with Crippen LogP contribution in [0.3, 0.4) is 0 Å². The number of methoxy groups -OCH3 is 3. The van der Waals surface area contributed by atoms with Crippen molar-refractivity contribution in [2.45, 2.75) is 381 Å². The van der Waals surface area contributed by atoms with Crippen molar-refractivity contribution < 1.29 is 27.5 Å². The number of benzene rings is 2. The number of hydrogen-bond donors (Lipinski definition) is 2. The molecule has 9 aromatic rings. The Morgan fingerprint density at radius 1 is 0.503 bits per heavy atom. The maximum atomic E-state index is 13.4. The number of nitrogens with zero attached hydrogens (tertiary/aromatic N) is 10. The Balaban J connectivity index is 0.000000287. The van der Waals surface area contributed by atoms with Crippen molar-refractivity contribution in [1.82, 2.24) is 39.8 Å². The first-order chi connectivity index (χ1) is 68.2. The standard InChI is InChI=1S/C14H20N2O.C13H18FN.C13H21NOS.C13H21NO.C13H23NO.C13H18.C12H18N2O.C12H18N2.C12H19NO.C11H17NO/c1-9(2)10-7-12(14(3,4)5)16-11(8-15)13(10)17-6;1-10(2)11-7-12(14)9-13(8-11)15-5-3-4-6-15;1-9(2)10-7-12(13(3,4)5)14-8-11(10)16(6)15;1-9(2)10-7-12(13(3,4)5)14-8-11(10)15-6;1-9(2)11-7-10(13(3,4)5)8-14-12(11)15-6;1-13(2,3)12-9-11(12)10-7-5-4-6-8-10;1-10(2)11-3-4-13-12(9-11)14-5-7-15-8-6-14;1-10(2)11-5-6-13-12(9-11)14-7-3-4-8-14;1-8(2)10-6-9(12(3,4)5)7-13-11(10)14;1-8-6-9(11(2,3)4)7-12(5)10(8)13/h7,9H,1-6H3;7-10H,3-6H2,1-2H3;7-9H,1-6H3;7-9H,1-6H3;7-9,12,14H,1-6H3;4-8,11-12H,9H2,1-3H3;3-4,9-10H,5-8H2,1-2H3;5-6,9-10H,3-4,7-8H2,1-2H3;6-8H,1-5H3,(H,13,14);6-7H,1-5H3. The number of nitriles is 1. The number of anilines is 3. The number of nitrogens with one attached hydrogen (secondary N) is 2. The second-order valence-corrected chi connectivity index (χ2v) is 50.9. The zero-order valence-corrected chi connectivity index (χ0v) is 99.9. The predicted molar refractivity (Wildman–Crippen MR) is 620 cm³/mol. The van der Waals surface area contributed by atoms with Gasteiger partial charge < -0.3 is 48.5 Å². The van der Waals surface area contributed by atoms with Crippen LogP contribution in [0.4, 0.5) is 21.7 Å². The van der Waals surface area contributed by atoms with E-state index >= 15 is 0 Å². The predicted octanol–water partition coefficient (Wildman–Crippen LogP) is 30.2. The third-order valence-electron chi connectivity index (χ3n) is 27.1. The number of morpholine rings is 1. The summed E-state index contributed by atoms with van der Waals surface area (Å²) in [5, 5.41) is 12.5. The monoisotopic (exact) mass is 2040 g/mol. The lowest BCUT2D eigenvalue weighted by molar-refractivity contribution is 0.105. The molecular formula is C126H193FN12O7S. The van der Waals surface area contributed by atoms with Crippen molar-refractivity contribution in [3.05, 3.63) is 274 Å². The van der Waals surface area contributed by atoms with Crippen LogP contribution in [0.15, 0.2) is 178 Å². The van der Waals surface area contributed by atoms with Gasteiger partial charge in [-0.2, -0.15) is 5.26 Å². The van der Waals surface area contributed by atoms with E-state index in [9.17, 15) is 18.2 Å². The number of allylic oxidation sites excluding steroid dienone is 2. The van der Waals surface area contributed by atoms with Crippen molar-refractivity contribution in [1.29, 1.82) is 5.26 Å². The van der Waals surface area contributed by atoms with Crippen molar-refractivity contribution in [3.63, 3.8) is 0 Å². The van der Waals surface area contributed by atoms with E-state index in [0.717, 1.165) is 124 Å². The lowest BCUT2D eigenvalue weighted by atomic mass is 9.83. The number of halogens is 1. The summed E-state index contributed by atoms with van der Waals surface area (Å²) >= 11 is 0. The number of aromatic amines is 1. The Hall–Kier alpha value is -10.1. The molecule has 4 fully saturated rings. The molecule has 5 aliphatic rings. The summed E-state index contributed by atoms with van der Waals surface area (Å²) in [5.41, 5.74) is 21.1. The average Bonchev–Trinajstić information content (AvgIpc) is 1.61. The number of ether oxygens (including phenoxy) is 4. The van der Waals surface area contributed by atoms with Gasteiger partial charge in [-0.3, -0.25) is 23.8 Å². The molecule has 0 radical (unpaired) electrons.